The quantitative estimate of drug-likeness (QED) is 0.538. The molecule has 7 nitrogen and oxygen atoms in total. The third-order valence-corrected chi connectivity index (χ3v) is 2.82. The minimum Gasteiger partial charge on any atom is -0.457 e. The number of amides is 1. The summed E-state index contributed by atoms with van der Waals surface area (Å²) >= 11 is 0. The van der Waals surface area contributed by atoms with E-state index in [0.29, 0.717) is 0 Å². The Balaban J connectivity index is 2.89. The summed E-state index contributed by atoms with van der Waals surface area (Å²) in [5.41, 5.74) is 0. The highest BCUT2D eigenvalue weighted by Gasteiger charge is 2.45. The predicted molar refractivity (Wildman–Crippen MR) is 60.6 cm³/mol. The lowest BCUT2D eigenvalue weighted by Crippen LogP contribution is -2.64. The van der Waals surface area contributed by atoms with Gasteiger partial charge in [-0.1, -0.05) is 0 Å². The van der Waals surface area contributed by atoms with E-state index in [0.717, 1.165) is 0 Å². The molecule has 1 fully saturated rings. The molecule has 0 spiro atoms. The number of carbonyl (C=O) groups excluding carboxylic acids is 2. The minimum atomic E-state index is -1.19. The molecule has 0 radical (unpaired) electrons. The van der Waals surface area contributed by atoms with Gasteiger partial charge in [-0.15, -0.1) is 0 Å². The van der Waals surface area contributed by atoms with Crippen LogP contribution in [0.4, 0.5) is 0 Å². The first-order valence-corrected chi connectivity index (χ1v) is 5.75. The van der Waals surface area contributed by atoms with E-state index in [-0.39, 0.29) is 5.91 Å². The number of esters is 1. The molecule has 1 aliphatic rings. The highest BCUT2D eigenvalue weighted by Crippen LogP contribution is 2.23. The van der Waals surface area contributed by atoms with Crippen LogP contribution >= 0.6 is 0 Å². The van der Waals surface area contributed by atoms with Crippen LogP contribution in [0.25, 0.3) is 0 Å². The van der Waals surface area contributed by atoms with Crippen LogP contribution in [0.5, 0.6) is 0 Å². The van der Waals surface area contributed by atoms with E-state index in [4.69, 9.17) is 14.6 Å². The topological polar surface area (TPSA) is 105 Å². The first-order chi connectivity index (χ1) is 8.36. The van der Waals surface area contributed by atoms with E-state index in [1.54, 1.807) is 6.92 Å². The molecule has 5 unspecified atom stereocenters. The number of nitrogens with one attached hydrogen (secondary N) is 1. The van der Waals surface area contributed by atoms with Gasteiger partial charge in [-0.3, -0.25) is 9.59 Å². The first kappa shape index (κ1) is 14.9. The Labute approximate surface area is 105 Å². The second-order valence-corrected chi connectivity index (χ2v) is 4.35. The van der Waals surface area contributed by atoms with Gasteiger partial charge in [0, 0.05) is 13.8 Å². The van der Waals surface area contributed by atoms with Crippen molar-refractivity contribution >= 4 is 11.9 Å². The van der Waals surface area contributed by atoms with Crippen LogP contribution in [0.15, 0.2) is 0 Å². The van der Waals surface area contributed by atoms with E-state index in [1.165, 1.54) is 13.8 Å². The molecule has 7 heteroatoms. The molecule has 0 aromatic carbocycles. The number of hydrogen-bond donors (Lipinski definition) is 3. The monoisotopic (exact) mass is 261 g/mol. The van der Waals surface area contributed by atoms with Crippen molar-refractivity contribution in [1.29, 1.82) is 0 Å². The molecule has 1 saturated heterocycles. The average Bonchev–Trinajstić information content (AvgIpc) is 2.27. The molecule has 1 aliphatic heterocycles. The fraction of sp³-hybridized carbons (Fsp3) is 0.818. The smallest absolute Gasteiger partial charge is 0.303 e. The summed E-state index contributed by atoms with van der Waals surface area (Å²) in [6.45, 7) is 3.81. The van der Waals surface area contributed by atoms with Crippen LogP contribution in [-0.2, 0) is 19.1 Å². The lowest BCUT2D eigenvalue weighted by molar-refractivity contribution is -0.206. The summed E-state index contributed by atoms with van der Waals surface area (Å²) in [5.74, 6) is -0.887. The van der Waals surface area contributed by atoms with Gasteiger partial charge >= 0.3 is 5.97 Å². The molecule has 0 saturated carbocycles. The number of hydrogen-bond acceptors (Lipinski definition) is 6. The zero-order valence-electron chi connectivity index (χ0n) is 10.6. The van der Waals surface area contributed by atoms with Gasteiger partial charge in [0.15, 0.2) is 6.10 Å². The summed E-state index contributed by atoms with van der Waals surface area (Å²) < 4.78 is 10.4. The first-order valence-electron chi connectivity index (χ1n) is 5.75. The van der Waals surface area contributed by atoms with E-state index >= 15 is 0 Å². The number of aliphatic hydroxyl groups is 2. The Morgan fingerprint density at radius 2 is 2.00 bits per heavy atom. The Kier molecular flexibility index (Phi) is 5.06. The maximum atomic E-state index is 11.1. The Hall–Kier alpha value is -1.18. The fourth-order valence-electron chi connectivity index (χ4n) is 2.05. The summed E-state index contributed by atoms with van der Waals surface area (Å²) in [4.78, 5) is 22.1. The second-order valence-electron chi connectivity index (χ2n) is 4.35. The maximum absolute atomic E-state index is 11.1. The summed E-state index contributed by atoms with van der Waals surface area (Å²) in [6, 6.07) is -0.649. The SMILES string of the molecule is CC(=O)NC1C(C)OC(CO)C(O)C1OC(C)=O. The van der Waals surface area contributed by atoms with Crippen LogP contribution in [0.2, 0.25) is 0 Å². The van der Waals surface area contributed by atoms with Gasteiger partial charge in [0.25, 0.3) is 0 Å². The van der Waals surface area contributed by atoms with Crippen LogP contribution < -0.4 is 5.32 Å². The molecule has 0 aromatic rings. The highest BCUT2D eigenvalue weighted by atomic mass is 16.6. The van der Waals surface area contributed by atoms with Crippen LogP contribution in [-0.4, -0.2) is 59.2 Å². The molecule has 1 rings (SSSR count). The molecule has 0 aromatic heterocycles. The molecule has 1 amide bonds. The van der Waals surface area contributed by atoms with Crippen molar-refractivity contribution in [3.05, 3.63) is 0 Å². The van der Waals surface area contributed by atoms with Gasteiger partial charge < -0.3 is 25.0 Å². The van der Waals surface area contributed by atoms with Crippen molar-refractivity contribution in [3.8, 4) is 0 Å². The molecule has 5 atom stereocenters. The van der Waals surface area contributed by atoms with Gasteiger partial charge in [0.05, 0.1) is 18.8 Å². The average molecular weight is 261 g/mol. The van der Waals surface area contributed by atoms with Crippen molar-refractivity contribution in [2.75, 3.05) is 6.61 Å². The van der Waals surface area contributed by atoms with Crippen LogP contribution in [0.3, 0.4) is 0 Å². The fourth-order valence-corrected chi connectivity index (χ4v) is 2.05. The van der Waals surface area contributed by atoms with Gasteiger partial charge in [-0.2, -0.15) is 0 Å². The van der Waals surface area contributed by atoms with Crippen molar-refractivity contribution in [2.24, 2.45) is 0 Å². The summed E-state index contributed by atoms with van der Waals surface area (Å²) in [7, 11) is 0. The summed E-state index contributed by atoms with van der Waals surface area (Å²) in [6.07, 6.45) is -3.45. The van der Waals surface area contributed by atoms with Gasteiger partial charge in [0.2, 0.25) is 5.91 Å². The molecular weight excluding hydrogens is 242 g/mol. The molecule has 104 valence electrons. The number of ether oxygens (including phenoxy) is 2. The van der Waals surface area contributed by atoms with Crippen molar-refractivity contribution < 1.29 is 29.3 Å². The summed E-state index contributed by atoms with van der Waals surface area (Å²) in [5, 5.41) is 21.6. The molecule has 1 heterocycles. The number of rotatable bonds is 3. The zero-order valence-corrected chi connectivity index (χ0v) is 10.6. The van der Waals surface area contributed by atoms with Gasteiger partial charge in [0.1, 0.15) is 12.2 Å². The lowest BCUT2D eigenvalue weighted by Gasteiger charge is -2.42. The Morgan fingerprint density at radius 3 is 2.44 bits per heavy atom. The van der Waals surface area contributed by atoms with Crippen LogP contribution in [0, 0.1) is 0 Å². The Bertz CT molecular complexity index is 321. The number of carbonyl (C=O) groups is 2. The Morgan fingerprint density at radius 1 is 1.39 bits per heavy atom. The molecule has 18 heavy (non-hydrogen) atoms. The third kappa shape index (κ3) is 3.41. The molecule has 0 bridgehead atoms. The normalized spacial score (nSPS) is 35.9. The maximum Gasteiger partial charge on any atom is 0.303 e. The molecule has 3 N–H and O–H groups in total. The van der Waals surface area contributed by atoms with E-state index in [9.17, 15) is 14.7 Å². The lowest BCUT2D eigenvalue weighted by atomic mass is 9.93. The standard InChI is InChI=1S/C11H19NO6/c1-5-9(12-6(2)14)11(18-7(3)15)10(16)8(4-13)17-5/h5,8-11,13,16H,4H2,1-3H3,(H,12,14). The highest BCUT2D eigenvalue weighted by molar-refractivity contribution is 5.73. The van der Waals surface area contributed by atoms with Gasteiger partial charge in [-0.05, 0) is 6.92 Å². The van der Waals surface area contributed by atoms with E-state index in [1.807, 2.05) is 0 Å². The largest absolute Gasteiger partial charge is 0.457 e. The number of aliphatic hydroxyl groups excluding tert-OH is 2. The molecule has 0 aliphatic carbocycles. The van der Waals surface area contributed by atoms with E-state index in [2.05, 4.69) is 5.32 Å². The van der Waals surface area contributed by atoms with Crippen molar-refractivity contribution in [3.63, 3.8) is 0 Å². The van der Waals surface area contributed by atoms with Crippen LogP contribution in [0.1, 0.15) is 20.8 Å². The van der Waals surface area contributed by atoms with Gasteiger partial charge in [-0.25, -0.2) is 0 Å². The minimum absolute atomic E-state index is 0.317. The zero-order chi connectivity index (χ0) is 13.9. The molecular formula is C11H19NO6. The second kappa shape index (κ2) is 6.12. The third-order valence-electron chi connectivity index (χ3n) is 2.82. The van der Waals surface area contributed by atoms with E-state index < -0.39 is 43.0 Å². The van der Waals surface area contributed by atoms with Crippen molar-refractivity contribution in [1.82, 2.24) is 5.32 Å². The van der Waals surface area contributed by atoms with Crippen molar-refractivity contribution in [2.45, 2.75) is 51.2 Å². The predicted octanol–water partition coefficient (Wildman–Crippen LogP) is -1.44.